The van der Waals surface area contributed by atoms with E-state index in [1.165, 1.54) is 17.3 Å². The van der Waals surface area contributed by atoms with Gasteiger partial charge in [-0.25, -0.2) is 4.98 Å². The average molecular weight is 363 g/mol. The Kier molecular flexibility index (Phi) is 4.86. The molecule has 2 heterocycles. The number of aromatic nitrogens is 1. The highest BCUT2D eigenvalue weighted by molar-refractivity contribution is 5.57. The van der Waals surface area contributed by atoms with Crippen molar-refractivity contribution < 1.29 is 13.2 Å². The Bertz CT molecular complexity index is 740. The van der Waals surface area contributed by atoms with E-state index in [0.29, 0.717) is 5.82 Å². The lowest BCUT2D eigenvalue weighted by Gasteiger charge is -2.39. The van der Waals surface area contributed by atoms with Crippen LogP contribution in [0, 0.1) is 0 Å². The van der Waals surface area contributed by atoms with Crippen LogP contribution in [0.15, 0.2) is 42.6 Å². The molecule has 1 aromatic heterocycles. The first-order valence-corrected chi connectivity index (χ1v) is 8.79. The summed E-state index contributed by atoms with van der Waals surface area (Å²) < 4.78 is 38.0. The lowest BCUT2D eigenvalue weighted by atomic mass is 9.85. The summed E-state index contributed by atoms with van der Waals surface area (Å²) in [6, 6.07) is 11.0. The summed E-state index contributed by atoms with van der Waals surface area (Å²) in [4.78, 5) is 8.40. The van der Waals surface area contributed by atoms with Crippen molar-refractivity contribution in [1.82, 2.24) is 4.98 Å². The predicted octanol–water partition coefficient (Wildman–Crippen LogP) is 4.72. The fourth-order valence-electron chi connectivity index (χ4n) is 3.30. The number of alkyl halides is 3. The van der Waals surface area contributed by atoms with Gasteiger partial charge in [0.05, 0.1) is 5.56 Å². The maximum absolute atomic E-state index is 12.7. The molecule has 0 bridgehead atoms. The molecule has 6 heteroatoms. The van der Waals surface area contributed by atoms with Gasteiger partial charge in [-0.2, -0.15) is 13.2 Å². The van der Waals surface area contributed by atoms with Crippen LogP contribution in [0.4, 0.5) is 24.7 Å². The van der Waals surface area contributed by atoms with Gasteiger partial charge in [0, 0.05) is 38.1 Å². The number of hydrogen-bond donors (Lipinski definition) is 0. The Balaban J connectivity index is 1.71. The number of pyridine rings is 1. The van der Waals surface area contributed by atoms with Crippen LogP contribution in [0.1, 0.15) is 31.9 Å². The largest absolute Gasteiger partial charge is 0.417 e. The van der Waals surface area contributed by atoms with Crippen LogP contribution in [0.5, 0.6) is 0 Å². The van der Waals surface area contributed by atoms with Gasteiger partial charge in [0.1, 0.15) is 5.82 Å². The molecule has 1 saturated heterocycles. The molecule has 3 nitrogen and oxygen atoms in total. The van der Waals surface area contributed by atoms with E-state index in [9.17, 15) is 13.2 Å². The number of halogens is 3. The minimum absolute atomic E-state index is 0.0582. The first-order chi connectivity index (χ1) is 12.2. The van der Waals surface area contributed by atoms with Crippen molar-refractivity contribution >= 4 is 11.5 Å². The minimum Gasteiger partial charge on any atom is -0.368 e. The number of benzene rings is 1. The lowest BCUT2D eigenvalue weighted by Crippen LogP contribution is -2.47. The van der Waals surface area contributed by atoms with E-state index in [4.69, 9.17) is 0 Å². The standard InChI is InChI=1S/C20H24F3N3/c1-19(2,3)16-6-4-5-7-17(16)25-10-12-26(13-11-25)18-9-8-15(14-24-18)20(21,22)23/h4-9,14H,10-13H2,1-3H3. The zero-order chi connectivity index (χ0) is 18.9. The summed E-state index contributed by atoms with van der Waals surface area (Å²) in [6.07, 6.45) is -3.43. The van der Waals surface area contributed by atoms with Crippen molar-refractivity contribution in [1.29, 1.82) is 0 Å². The van der Waals surface area contributed by atoms with E-state index < -0.39 is 11.7 Å². The minimum atomic E-state index is -4.35. The summed E-state index contributed by atoms with van der Waals surface area (Å²) in [5, 5.41) is 0. The Morgan fingerprint density at radius 1 is 0.846 bits per heavy atom. The van der Waals surface area contributed by atoms with Crippen LogP contribution in [0.3, 0.4) is 0 Å². The molecule has 0 atom stereocenters. The van der Waals surface area contributed by atoms with Crippen LogP contribution >= 0.6 is 0 Å². The lowest BCUT2D eigenvalue weighted by molar-refractivity contribution is -0.137. The molecule has 26 heavy (non-hydrogen) atoms. The highest BCUT2D eigenvalue weighted by Gasteiger charge is 2.31. The maximum Gasteiger partial charge on any atom is 0.417 e. The first-order valence-electron chi connectivity index (χ1n) is 8.79. The zero-order valence-corrected chi connectivity index (χ0v) is 15.3. The van der Waals surface area contributed by atoms with Gasteiger partial charge in [0.2, 0.25) is 0 Å². The van der Waals surface area contributed by atoms with Crippen LogP contribution in [-0.2, 0) is 11.6 Å². The van der Waals surface area contributed by atoms with Gasteiger partial charge in [-0.05, 0) is 29.2 Å². The number of para-hydroxylation sites is 1. The van der Waals surface area contributed by atoms with Gasteiger partial charge in [-0.15, -0.1) is 0 Å². The molecule has 0 radical (unpaired) electrons. The Morgan fingerprint density at radius 3 is 2.00 bits per heavy atom. The van der Waals surface area contributed by atoms with Crippen LogP contribution in [0.25, 0.3) is 0 Å². The van der Waals surface area contributed by atoms with E-state index in [1.807, 2.05) is 11.0 Å². The highest BCUT2D eigenvalue weighted by atomic mass is 19.4. The van der Waals surface area contributed by atoms with Crippen molar-refractivity contribution in [3.8, 4) is 0 Å². The van der Waals surface area contributed by atoms with Crippen molar-refractivity contribution in [2.45, 2.75) is 32.4 Å². The molecular formula is C20H24F3N3. The first kappa shape index (κ1) is 18.5. The van der Waals surface area contributed by atoms with Gasteiger partial charge in [0.15, 0.2) is 0 Å². The van der Waals surface area contributed by atoms with Crippen LogP contribution in [0.2, 0.25) is 0 Å². The second-order valence-electron chi connectivity index (χ2n) is 7.64. The van der Waals surface area contributed by atoms with Crippen molar-refractivity contribution in [2.24, 2.45) is 0 Å². The molecule has 3 rings (SSSR count). The molecular weight excluding hydrogens is 339 g/mol. The SMILES string of the molecule is CC(C)(C)c1ccccc1N1CCN(c2ccc(C(F)(F)F)cn2)CC1. The third-order valence-electron chi connectivity index (χ3n) is 4.73. The quantitative estimate of drug-likeness (QED) is 0.769. The Hall–Kier alpha value is -2.24. The highest BCUT2D eigenvalue weighted by Crippen LogP contribution is 2.33. The molecule has 1 aromatic carbocycles. The number of rotatable bonds is 2. The fraction of sp³-hybridized carbons (Fsp3) is 0.450. The summed E-state index contributed by atoms with van der Waals surface area (Å²) in [7, 11) is 0. The van der Waals surface area contributed by atoms with Gasteiger partial charge in [-0.3, -0.25) is 0 Å². The number of hydrogen-bond acceptors (Lipinski definition) is 3. The second kappa shape index (κ2) is 6.82. The summed E-state index contributed by atoms with van der Waals surface area (Å²) >= 11 is 0. The summed E-state index contributed by atoms with van der Waals surface area (Å²) in [5.41, 5.74) is 1.89. The molecule has 0 amide bonds. The molecule has 0 saturated carbocycles. The predicted molar refractivity (Wildman–Crippen MR) is 98.8 cm³/mol. The van der Waals surface area contributed by atoms with E-state index in [2.05, 4.69) is 48.9 Å². The van der Waals surface area contributed by atoms with Crippen molar-refractivity contribution in [3.05, 3.63) is 53.7 Å². The molecule has 1 aliphatic heterocycles. The molecule has 140 valence electrons. The normalized spacial score (nSPS) is 16.1. The third-order valence-corrected chi connectivity index (χ3v) is 4.73. The molecule has 1 fully saturated rings. The maximum atomic E-state index is 12.7. The number of nitrogens with zero attached hydrogens (tertiary/aromatic N) is 3. The number of piperazine rings is 1. The van der Waals surface area contributed by atoms with Gasteiger partial charge >= 0.3 is 6.18 Å². The Labute approximate surface area is 152 Å². The van der Waals surface area contributed by atoms with Crippen molar-refractivity contribution in [3.63, 3.8) is 0 Å². The third kappa shape index (κ3) is 3.94. The molecule has 2 aromatic rings. The van der Waals surface area contributed by atoms with Gasteiger partial charge < -0.3 is 9.80 Å². The van der Waals surface area contributed by atoms with Crippen molar-refractivity contribution in [2.75, 3.05) is 36.0 Å². The molecule has 0 aliphatic carbocycles. The second-order valence-corrected chi connectivity index (χ2v) is 7.64. The van der Waals surface area contributed by atoms with Crippen LogP contribution in [-0.4, -0.2) is 31.2 Å². The fourth-order valence-corrected chi connectivity index (χ4v) is 3.30. The van der Waals surface area contributed by atoms with E-state index in [0.717, 1.165) is 38.4 Å². The smallest absolute Gasteiger partial charge is 0.368 e. The molecule has 0 N–H and O–H groups in total. The topological polar surface area (TPSA) is 19.4 Å². The summed E-state index contributed by atoms with van der Waals surface area (Å²) in [5.74, 6) is 0.599. The van der Waals surface area contributed by atoms with Crippen LogP contribution < -0.4 is 9.80 Å². The average Bonchev–Trinajstić information content (AvgIpc) is 2.61. The van der Waals surface area contributed by atoms with E-state index in [-0.39, 0.29) is 5.41 Å². The molecule has 0 unspecified atom stereocenters. The molecule has 1 aliphatic rings. The van der Waals surface area contributed by atoms with E-state index in [1.54, 1.807) is 0 Å². The van der Waals surface area contributed by atoms with Gasteiger partial charge in [-0.1, -0.05) is 39.0 Å². The number of anilines is 2. The monoisotopic (exact) mass is 363 g/mol. The summed E-state index contributed by atoms with van der Waals surface area (Å²) in [6.45, 7) is 9.70. The molecule has 0 spiro atoms. The van der Waals surface area contributed by atoms with E-state index >= 15 is 0 Å². The Morgan fingerprint density at radius 2 is 1.46 bits per heavy atom. The zero-order valence-electron chi connectivity index (χ0n) is 15.3. The van der Waals surface area contributed by atoms with Gasteiger partial charge in [0.25, 0.3) is 0 Å².